The van der Waals surface area contributed by atoms with E-state index in [1.165, 1.54) is 13.2 Å². The highest BCUT2D eigenvalue weighted by Crippen LogP contribution is 2.30. The summed E-state index contributed by atoms with van der Waals surface area (Å²) in [7, 11) is 1.52. The standard InChI is InChI=1S/C25H19NO4/c1-29-23-13-12-18(20-15-19-9-5-6-10-22(19)30-25(20)28)16-21(23)26-24(27)14-11-17-7-3-2-4-8-17/h2-16H,1H3,(H,26,27). The Morgan fingerprint density at radius 3 is 2.53 bits per heavy atom. The van der Waals surface area contributed by atoms with Crippen molar-refractivity contribution in [3.8, 4) is 16.9 Å². The monoisotopic (exact) mass is 397 g/mol. The molecule has 0 bridgehead atoms. The van der Waals surface area contributed by atoms with Gasteiger partial charge in [0.15, 0.2) is 0 Å². The predicted octanol–water partition coefficient (Wildman–Crippen LogP) is 5.12. The van der Waals surface area contributed by atoms with Gasteiger partial charge in [-0.3, -0.25) is 4.79 Å². The van der Waals surface area contributed by atoms with Crippen molar-refractivity contribution in [2.45, 2.75) is 0 Å². The van der Waals surface area contributed by atoms with Crippen LogP contribution in [0.2, 0.25) is 0 Å². The van der Waals surface area contributed by atoms with Crippen LogP contribution in [-0.2, 0) is 4.79 Å². The van der Waals surface area contributed by atoms with Gasteiger partial charge in [0.25, 0.3) is 0 Å². The van der Waals surface area contributed by atoms with Crippen molar-refractivity contribution in [3.63, 3.8) is 0 Å². The first kappa shape index (κ1) is 19.2. The lowest BCUT2D eigenvalue weighted by Crippen LogP contribution is -2.09. The van der Waals surface area contributed by atoms with Gasteiger partial charge < -0.3 is 14.5 Å². The van der Waals surface area contributed by atoms with Crippen LogP contribution in [0.5, 0.6) is 5.75 Å². The van der Waals surface area contributed by atoms with E-state index in [1.807, 2.05) is 48.5 Å². The summed E-state index contributed by atoms with van der Waals surface area (Å²) in [4.78, 5) is 24.9. The van der Waals surface area contributed by atoms with Crippen molar-refractivity contribution in [3.05, 3.63) is 101 Å². The van der Waals surface area contributed by atoms with Crippen molar-refractivity contribution in [1.82, 2.24) is 0 Å². The molecule has 0 aliphatic carbocycles. The van der Waals surface area contributed by atoms with Gasteiger partial charge in [0.2, 0.25) is 5.91 Å². The summed E-state index contributed by atoms with van der Waals surface area (Å²) in [5, 5.41) is 3.63. The number of amides is 1. The van der Waals surface area contributed by atoms with Crippen molar-refractivity contribution < 1.29 is 13.9 Å². The molecule has 0 fully saturated rings. The quantitative estimate of drug-likeness (QED) is 0.375. The molecule has 0 saturated heterocycles. The number of benzene rings is 3. The highest BCUT2D eigenvalue weighted by Gasteiger charge is 2.12. The van der Waals surface area contributed by atoms with Gasteiger partial charge in [0, 0.05) is 11.5 Å². The normalized spacial score (nSPS) is 11.0. The lowest BCUT2D eigenvalue weighted by Gasteiger charge is -2.11. The number of fused-ring (bicyclic) bond motifs is 1. The molecule has 0 saturated carbocycles. The van der Waals surface area contributed by atoms with Crippen LogP contribution in [0.4, 0.5) is 5.69 Å². The Morgan fingerprint density at radius 1 is 0.967 bits per heavy atom. The lowest BCUT2D eigenvalue weighted by molar-refractivity contribution is -0.111. The first-order chi connectivity index (χ1) is 14.6. The van der Waals surface area contributed by atoms with Gasteiger partial charge in [-0.2, -0.15) is 0 Å². The number of carbonyl (C=O) groups is 1. The fourth-order valence-corrected chi connectivity index (χ4v) is 3.15. The zero-order chi connectivity index (χ0) is 20.9. The molecule has 0 atom stereocenters. The van der Waals surface area contributed by atoms with E-state index in [4.69, 9.17) is 9.15 Å². The third kappa shape index (κ3) is 4.15. The van der Waals surface area contributed by atoms with E-state index < -0.39 is 5.63 Å². The van der Waals surface area contributed by atoms with E-state index in [0.717, 1.165) is 10.9 Å². The van der Waals surface area contributed by atoms with Crippen LogP contribution in [0.3, 0.4) is 0 Å². The second kappa shape index (κ2) is 8.49. The number of nitrogens with one attached hydrogen (secondary N) is 1. The van der Waals surface area contributed by atoms with Crippen LogP contribution in [0.1, 0.15) is 5.56 Å². The van der Waals surface area contributed by atoms with Crippen LogP contribution in [-0.4, -0.2) is 13.0 Å². The van der Waals surface area contributed by atoms with Gasteiger partial charge in [0.05, 0.1) is 18.4 Å². The van der Waals surface area contributed by atoms with Crippen molar-refractivity contribution in [1.29, 1.82) is 0 Å². The predicted molar refractivity (Wildman–Crippen MR) is 119 cm³/mol. The average molecular weight is 397 g/mol. The van der Waals surface area contributed by atoms with E-state index in [-0.39, 0.29) is 5.91 Å². The molecule has 0 spiro atoms. The van der Waals surface area contributed by atoms with E-state index in [1.54, 1.807) is 36.4 Å². The Bertz CT molecular complexity index is 1290. The molecule has 0 aliphatic rings. The number of methoxy groups -OCH3 is 1. The zero-order valence-electron chi connectivity index (χ0n) is 16.3. The number of rotatable bonds is 5. The molecule has 1 heterocycles. The maximum Gasteiger partial charge on any atom is 0.344 e. The lowest BCUT2D eigenvalue weighted by atomic mass is 10.0. The Balaban J connectivity index is 1.66. The molecule has 1 N–H and O–H groups in total. The Kier molecular flexibility index (Phi) is 5.44. The van der Waals surface area contributed by atoms with Gasteiger partial charge in [-0.15, -0.1) is 0 Å². The molecular weight excluding hydrogens is 378 g/mol. The summed E-state index contributed by atoms with van der Waals surface area (Å²) < 4.78 is 10.8. The minimum absolute atomic E-state index is 0.306. The minimum Gasteiger partial charge on any atom is -0.495 e. The van der Waals surface area contributed by atoms with Gasteiger partial charge in [-0.05, 0) is 41.5 Å². The summed E-state index contributed by atoms with van der Waals surface area (Å²) >= 11 is 0. The van der Waals surface area contributed by atoms with Crippen LogP contribution in [0, 0.1) is 0 Å². The molecule has 1 aromatic heterocycles. The first-order valence-corrected chi connectivity index (χ1v) is 9.39. The van der Waals surface area contributed by atoms with Crippen molar-refractivity contribution in [2.75, 3.05) is 12.4 Å². The van der Waals surface area contributed by atoms with Crippen molar-refractivity contribution >= 4 is 28.6 Å². The molecule has 5 heteroatoms. The SMILES string of the molecule is COc1ccc(-c2cc3ccccc3oc2=O)cc1NC(=O)C=Cc1ccccc1. The van der Waals surface area contributed by atoms with E-state index in [0.29, 0.717) is 28.1 Å². The fraction of sp³-hybridized carbons (Fsp3) is 0.0400. The van der Waals surface area contributed by atoms with Crippen molar-refractivity contribution in [2.24, 2.45) is 0 Å². The van der Waals surface area contributed by atoms with Gasteiger partial charge >= 0.3 is 5.63 Å². The first-order valence-electron chi connectivity index (χ1n) is 9.39. The Morgan fingerprint density at radius 2 is 1.73 bits per heavy atom. The number of hydrogen-bond acceptors (Lipinski definition) is 4. The van der Waals surface area contributed by atoms with Crippen LogP contribution < -0.4 is 15.7 Å². The molecule has 0 radical (unpaired) electrons. The molecule has 148 valence electrons. The summed E-state index contributed by atoms with van der Waals surface area (Å²) in [5.41, 5.74) is 2.50. The largest absolute Gasteiger partial charge is 0.495 e. The molecule has 3 aromatic carbocycles. The second-order valence-electron chi connectivity index (χ2n) is 6.63. The summed E-state index contributed by atoms with van der Waals surface area (Å²) in [5.74, 6) is 0.185. The zero-order valence-corrected chi connectivity index (χ0v) is 16.3. The molecule has 0 aliphatic heterocycles. The van der Waals surface area contributed by atoms with E-state index in [9.17, 15) is 9.59 Å². The third-order valence-corrected chi connectivity index (χ3v) is 4.64. The Labute approximate surface area is 173 Å². The average Bonchev–Trinajstić information content (AvgIpc) is 2.78. The maximum absolute atomic E-state index is 12.5. The molecule has 0 unspecified atom stereocenters. The number of anilines is 1. The molecule has 4 rings (SSSR count). The third-order valence-electron chi connectivity index (χ3n) is 4.64. The number of para-hydroxylation sites is 1. The second-order valence-corrected chi connectivity index (χ2v) is 6.63. The number of ether oxygens (including phenoxy) is 1. The van der Waals surface area contributed by atoms with Crippen LogP contribution in [0.15, 0.2) is 94.2 Å². The molecule has 5 nitrogen and oxygen atoms in total. The maximum atomic E-state index is 12.5. The minimum atomic E-state index is -0.444. The number of hydrogen-bond donors (Lipinski definition) is 1. The smallest absolute Gasteiger partial charge is 0.344 e. The highest BCUT2D eigenvalue weighted by molar-refractivity contribution is 6.03. The topological polar surface area (TPSA) is 68.5 Å². The highest BCUT2D eigenvalue weighted by atomic mass is 16.5. The summed E-state index contributed by atoms with van der Waals surface area (Å²) in [6.07, 6.45) is 3.18. The van der Waals surface area contributed by atoms with E-state index >= 15 is 0 Å². The molecule has 4 aromatic rings. The molecular formula is C25H19NO4. The van der Waals surface area contributed by atoms with Crippen LogP contribution >= 0.6 is 0 Å². The van der Waals surface area contributed by atoms with Crippen LogP contribution in [0.25, 0.3) is 28.2 Å². The summed E-state index contributed by atoms with van der Waals surface area (Å²) in [6.45, 7) is 0. The van der Waals surface area contributed by atoms with Gasteiger partial charge in [-0.25, -0.2) is 4.79 Å². The van der Waals surface area contributed by atoms with Gasteiger partial charge in [0.1, 0.15) is 11.3 Å². The molecule has 1 amide bonds. The Hall–Kier alpha value is -4.12. The van der Waals surface area contributed by atoms with E-state index in [2.05, 4.69) is 5.32 Å². The fourth-order valence-electron chi connectivity index (χ4n) is 3.15. The van der Waals surface area contributed by atoms with Gasteiger partial charge in [-0.1, -0.05) is 54.6 Å². The summed E-state index contributed by atoms with van der Waals surface area (Å²) in [6, 6.07) is 23.8. The number of carbonyl (C=O) groups excluding carboxylic acids is 1. The molecule has 30 heavy (non-hydrogen) atoms.